The number of hydrogen-bond donors (Lipinski definition) is 4. The Morgan fingerprint density at radius 3 is 1.97 bits per heavy atom. The Bertz CT molecular complexity index is 1170. The Balaban J connectivity index is 1.60. The first kappa shape index (κ1) is 25.4. The van der Waals surface area contributed by atoms with E-state index in [1.807, 2.05) is 11.4 Å². The van der Waals surface area contributed by atoms with Gasteiger partial charge in [-0.25, -0.2) is 4.79 Å². The monoisotopic (exact) mass is 509 g/mol. The van der Waals surface area contributed by atoms with Crippen LogP contribution in [-0.2, 0) is 4.79 Å². The molecule has 34 heavy (non-hydrogen) atoms. The number of halogens is 4. The Hall–Kier alpha value is -3.21. The zero-order chi connectivity index (χ0) is 24.9. The third kappa shape index (κ3) is 6.43. The van der Waals surface area contributed by atoms with Gasteiger partial charge in [0.2, 0.25) is 5.60 Å². The molecule has 11 heteroatoms. The Morgan fingerprint density at radius 2 is 1.41 bits per heavy atom. The number of para-hydroxylation sites is 1. The van der Waals surface area contributed by atoms with E-state index in [0.717, 1.165) is 4.90 Å². The highest BCUT2D eigenvalue weighted by Crippen LogP contribution is 2.35. The lowest BCUT2D eigenvalue weighted by Crippen LogP contribution is -2.52. The molecule has 0 saturated heterocycles. The van der Waals surface area contributed by atoms with Gasteiger partial charge in [0, 0.05) is 21.2 Å². The highest BCUT2D eigenvalue weighted by atomic mass is 35.5. The van der Waals surface area contributed by atoms with Crippen molar-refractivity contribution in [2.45, 2.75) is 28.5 Å². The maximum Gasteiger partial charge on any atom is 0.426 e. The van der Waals surface area contributed by atoms with E-state index < -0.39 is 17.7 Å². The van der Waals surface area contributed by atoms with E-state index in [1.165, 1.54) is 23.9 Å². The van der Waals surface area contributed by atoms with Crippen molar-refractivity contribution in [2.24, 2.45) is 0 Å². The molecule has 0 heterocycles. The number of carbonyl (C=O) groups excluding carboxylic acids is 2. The summed E-state index contributed by atoms with van der Waals surface area (Å²) >= 11 is 7.42. The van der Waals surface area contributed by atoms with Crippen LogP contribution < -0.4 is 16.0 Å². The summed E-state index contributed by atoms with van der Waals surface area (Å²) in [6.45, 7) is 0.365. The molecule has 0 aromatic heterocycles. The molecule has 3 aromatic carbocycles. The van der Waals surface area contributed by atoms with Crippen LogP contribution in [0.4, 0.5) is 35.0 Å². The van der Waals surface area contributed by atoms with Gasteiger partial charge in [0.05, 0.1) is 10.7 Å². The summed E-state index contributed by atoms with van der Waals surface area (Å²) in [6, 6.07) is 19.9. The number of benzene rings is 3. The number of alkyl halides is 3. The van der Waals surface area contributed by atoms with Crippen LogP contribution in [0.3, 0.4) is 0 Å². The van der Waals surface area contributed by atoms with Crippen LogP contribution >= 0.6 is 23.4 Å². The smallest absolute Gasteiger partial charge is 0.373 e. The SMILES string of the molecule is C[C@@](O)(C(=O)Nc1ccc(Sc2ccc(NC(=O)Nc3ccccc3)cc2)cc1Cl)C(F)(F)F. The van der Waals surface area contributed by atoms with Crippen molar-refractivity contribution < 1.29 is 27.9 Å². The van der Waals surface area contributed by atoms with E-state index in [0.29, 0.717) is 23.2 Å². The average Bonchev–Trinajstić information content (AvgIpc) is 2.76. The van der Waals surface area contributed by atoms with Crippen LogP contribution in [0.1, 0.15) is 6.92 Å². The predicted molar refractivity (Wildman–Crippen MR) is 126 cm³/mol. The first-order chi connectivity index (χ1) is 16.0. The number of hydrogen-bond acceptors (Lipinski definition) is 4. The molecule has 0 unspecified atom stereocenters. The summed E-state index contributed by atoms with van der Waals surface area (Å²) < 4.78 is 38.4. The molecule has 3 rings (SSSR count). The fourth-order valence-electron chi connectivity index (χ4n) is 2.59. The van der Waals surface area contributed by atoms with Gasteiger partial charge in [0.25, 0.3) is 5.91 Å². The molecule has 178 valence electrons. The second kappa shape index (κ2) is 10.4. The zero-order valence-electron chi connectivity index (χ0n) is 17.6. The zero-order valence-corrected chi connectivity index (χ0v) is 19.2. The molecule has 0 saturated carbocycles. The Morgan fingerprint density at radius 1 is 0.853 bits per heavy atom. The fraction of sp³-hybridized carbons (Fsp3) is 0.130. The molecule has 0 aliphatic heterocycles. The summed E-state index contributed by atoms with van der Waals surface area (Å²) in [5, 5.41) is 16.9. The minimum Gasteiger partial charge on any atom is -0.373 e. The van der Waals surface area contributed by atoms with Crippen molar-refractivity contribution in [1.29, 1.82) is 0 Å². The van der Waals surface area contributed by atoms with E-state index >= 15 is 0 Å². The number of rotatable bonds is 6. The molecule has 6 nitrogen and oxygen atoms in total. The van der Waals surface area contributed by atoms with E-state index in [2.05, 4.69) is 10.6 Å². The molecule has 0 aliphatic rings. The molecule has 4 N–H and O–H groups in total. The van der Waals surface area contributed by atoms with Crippen LogP contribution in [0.5, 0.6) is 0 Å². The van der Waals surface area contributed by atoms with Gasteiger partial charge in [0.1, 0.15) is 0 Å². The molecule has 0 bridgehead atoms. The quantitative estimate of drug-likeness (QED) is 0.310. The Labute approximate surface area is 202 Å². The summed E-state index contributed by atoms with van der Waals surface area (Å²) in [7, 11) is 0. The predicted octanol–water partition coefficient (Wildman–Crippen LogP) is 6.39. The number of carbonyl (C=O) groups is 2. The molecule has 3 amide bonds. The molecule has 1 atom stereocenters. The van der Waals surface area contributed by atoms with Gasteiger partial charge >= 0.3 is 12.2 Å². The van der Waals surface area contributed by atoms with Gasteiger partial charge in [-0.2, -0.15) is 13.2 Å². The third-order valence-electron chi connectivity index (χ3n) is 4.56. The second-order valence-electron chi connectivity index (χ2n) is 7.24. The number of urea groups is 1. The largest absolute Gasteiger partial charge is 0.426 e. The number of nitrogens with one attached hydrogen (secondary N) is 3. The summed E-state index contributed by atoms with van der Waals surface area (Å²) in [5.41, 5.74) is -2.39. The van der Waals surface area contributed by atoms with Gasteiger partial charge in [0.15, 0.2) is 0 Å². The normalized spacial score (nSPS) is 13.0. The molecule has 0 radical (unpaired) electrons. The van der Waals surface area contributed by atoms with Gasteiger partial charge in [-0.15, -0.1) is 0 Å². The van der Waals surface area contributed by atoms with Crippen LogP contribution in [0.15, 0.2) is 82.6 Å². The van der Waals surface area contributed by atoms with E-state index in [1.54, 1.807) is 54.6 Å². The van der Waals surface area contributed by atoms with Gasteiger partial charge in [-0.1, -0.05) is 41.6 Å². The van der Waals surface area contributed by atoms with Crippen molar-refractivity contribution in [2.75, 3.05) is 16.0 Å². The standard InChI is InChI=1S/C23H19ClF3N3O3S/c1-22(33,23(25,26)27)20(31)30-19-12-11-17(13-18(19)24)34-16-9-7-15(8-10-16)29-21(32)28-14-5-3-2-4-6-14/h2-13,33H,1H3,(H,30,31)(H2,28,29,32)/t22-/m1/s1. The van der Waals surface area contributed by atoms with E-state index in [-0.39, 0.29) is 16.7 Å². The van der Waals surface area contributed by atoms with Crippen molar-refractivity contribution in [3.05, 3.63) is 77.8 Å². The summed E-state index contributed by atoms with van der Waals surface area (Å²) in [6.07, 6.45) is -5.14. The van der Waals surface area contributed by atoms with Crippen molar-refractivity contribution in [3.63, 3.8) is 0 Å². The molecule has 3 aromatic rings. The average molecular weight is 510 g/mol. The third-order valence-corrected chi connectivity index (χ3v) is 5.87. The fourth-order valence-corrected chi connectivity index (χ4v) is 3.74. The lowest BCUT2D eigenvalue weighted by Gasteiger charge is -2.25. The highest BCUT2D eigenvalue weighted by molar-refractivity contribution is 7.99. The molecular weight excluding hydrogens is 491 g/mol. The molecule has 0 fully saturated rings. The Kier molecular flexibility index (Phi) is 7.75. The maximum atomic E-state index is 12.8. The lowest BCUT2D eigenvalue weighted by molar-refractivity contribution is -0.242. The maximum absolute atomic E-state index is 12.8. The summed E-state index contributed by atoms with van der Waals surface area (Å²) in [5.74, 6) is -1.64. The van der Waals surface area contributed by atoms with Gasteiger partial charge < -0.3 is 21.1 Å². The van der Waals surface area contributed by atoms with Crippen LogP contribution in [0.2, 0.25) is 5.02 Å². The topological polar surface area (TPSA) is 90.5 Å². The summed E-state index contributed by atoms with van der Waals surface area (Å²) in [4.78, 5) is 25.4. The van der Waals surface area contributed by atoms with Gasteiger partial charge in [-0.05, 0) is 61.5 Å². The number of anilines is 3. The minimum absolute atomic E-state index is 0.00666. The first-order valence-electron chi connectivity index (χ1n) is 9.77. The van der Waals surface area contributed by atoms with Crippen molar-refractivity contribution >= 4 is 52.4 Å². The number of amides is 3. The van der Waals surface area contributed by atoms with E-state index in [9.17, 15) is 27.9 Å². The minimum atomic E-state index is -5.14. The van der Waals surface area contributed by atoms with Crippen molar-refractivity contribution in [1.82, 2.24) is 0 Å². The lowest BCUT2D eigenvalue weighted by atomic mass is 10.1. The van der Waals surface area contributed by atoms with Gasteiger partial charge in [-0.3, -0.25) is 4.79 Å². The molecule has 0 spiro atoms. The highest BCUT2D eigenvalue weighted by Gasteiger charge is 2.55. The molecule has 0 aliphatic carbocycles. The first-order valence-corrected chi connectivity index (χ1v) is 11.0. The van der Waals surface area contributed by atoms with Crippen LogP contribution in [-0.4, -0.2) is 28.8 Å². The second-order valence-corrected chi connectivity index (χ2v) is 8.79. The van der Waals surface area contributed by atoms with Crippen LogP contribution in [0, 0.1) is 0 Å². The van der Waals surface area contributed by atoms with Crippen molar-refractivity contribution in [3.8, 4) is 0 Å². The van der Waals surface area contributed by atoms with Crippen LogP contribution in [0.25, 0.3) is 0 Å². The number of aliphatic hydroxyl groups is 1. The van der Waals surface area contributed by atoms with E-state index in [4.69, 9.17) is 11.6 Å². The molecular formula is C23H19ClF3N3O3S.